The van der Waals surface area contributed by atoms with E-state index < -0.39 is 41.2 Å². The van der Waals surface area contributed by atoms with Crippen LogP contribution in [0, 0.1) is 17.3 Å². The van der Waals surface area contributed by atoms with Crippen LogP contribution >= 0.6 is 0 Å². The number of hydrogen-bond acceptors (Lipinski definition) is 8. The summed E-state index contributed by atoms with van der Waals surface area (Å²) in [6, 6.07) is 24.1. The summed E-state index contributed by atoms with van der Waals surface area (Å²) >= 11 is 0. The molecule has 3 aromatic carbocycles. The molecule has 1 saturated carbocycles. The van der Waals surface area contributed by atoms with E-state index in [2.05, 4.69) is 34.7 Å². The van der Waals surface area contributed by atoms with E-state index in [4.69, 9.17) is 14.3 Å². The molecule has 2 heterocycles. The lowest BCUT2D eigenvalue weighted by Crippen LogP contribution is -2.57. The summed E-state index contributed by atoms with van der Waals surface area (Å²) in [6.07, 6.45) is 3.33. The van der Waals surface area contributed by atoms with E-state index in [9.17, 15) is 19.2 Å². The third-order valence-corrected chi connectivity index (χ3v) is 12.0. The molecule has 3 aromatic rings. The third-order valence-electron chi connectivity index (χ3n) is 12.0. The van der Waals surface area contributed by atoms with E-state index in [1.807, 2.05) is 82.3 Å². The van der Waals surface area contributed by atoms with Crippen LogP contribution < -0.4 is 5.32 Å². The number of nitrogens with one attached hydrogen (secondary N) is 1. The number of carbonyl (C=O) groups is 4. The fourth-order valence-electron chi connectivity index (χ4n) is 8.98. The molecule has 1 N–H and O–H groups in total. The Labute approximate surface area is 330 Å². The Hall–Kier alpha value is -4.83. The first-order valence-corrected chi connectivity index (χ1v) is 20.2. The van der Waals surface area contributed by atoms with Crippen LogP contribution in [0.2, 0.25) is 0 Å². The number of carbonyl (C=O) groups excluding carboxylic acids is 4. The number of hydrogen-bond donors (Lipinski definition) is 1. The number of methoxy groups -OCH3 is 1. The van der Waals surface area contributed by atoms with E-state index in [-0.39, 0.29) is 49.4 Å². The first-order valence-electron chi connectivity index (χ1n) is 20.2. The summed E-state index contributed by atoms with van der Waals surface area (Å²) in [5, 5.41) is 7.37. The largest absolute Gasteiger partial charge is 0.449 e. The van der Waals surface area contributed by atoms with Gasteiger partial charge in [-0.1, -0.05) is 118 Å². The van der Waals surface area contributed by atoms with Crippen molar-refractivity contribution in [2.24, 2.45) is 22.4 Å². The number of fused-ring (bicyclic) bond motifs is 3. The highest BCUT2D eigenvalue weighted by Gasteiger charge is 2.55. The summed E-state index contributed by atoms with van der Waals surface area (Å²) in [6.45, 7) is 7.91. The Balaban J connectivity index is 1.11. The van der Waals surface area contributed by atoms with E-state index in [0.29, 0.717) is 25.2 Å². The highest BCUT2D eigenvalue weighted by atomic mass is 16.7. The second-order valence-electron chi connectivity index (χ2n) is 17.3. The fourth-order valence-corrected chi connectivity index (χ4v) is 8.98. The number of alkyl carbamates (subject to hydrolysis) is 1. The average molecular weight is 762 g/mol. The summed E-state index contributed by atoms with van der Waals surface area (Å²) in [5.74, 6) is -0.567. The molecule has 10 nitrogen and oxygen atoms in total. The SMILES string of the molecule is CCC[C@@H](CC(=O)[C@@H]1C[C@]2(CC(c3ccccc3)=NO2)CN1C(=O)[C@@H](NC(=O)OCC1c2ccccc2-c2ccccc21)C(C)(C)C)C(OC)C(=O)CC1CC1. The van der Waals surface area contributed by atoms with Gasteiger partial charge in [-0.15, -0.1) is 0 Å². The molecular formula is C46H55N3O7. The topological polar surface area (TPSA) is 124 Å². The lowest BCUT2D eigenvalue weighted by atomic mass is 9.84. The fraction of sp³-hybridized carbons (Fsp3) is 0.500. The van der Waals surface area contributed by atoms with Crippen molar-refractivity contribution in [1.29, 1.82) is 0 Å². The summed E-state index contributed by atoms with van der Waals surface area (Å²) in [7, 11) is 1.54. The lowest BCUT2D eigenvalue weighted by Gasteiger charge is -2.35. The molecule has 56 heavy (non-hydrogen) atoms. The van der Waals surface area contributed by atoms with Crippen LogP contribution in [0.4, 0.5) is 4.79 Å². The van der Waals surface area contributed by atoms with Crippen molar-refractivity contribution in [1.82, 2.24) is 10.2 Å². The molecule has 1 spiro atoms. The highest BCUT2D eigenvalue weighted by Crippen LogP contribution is 2.45. The number of benzene rings is 3. The van der Waals surface area contributed by atoms with Crippen LogP contribution in [-0.4, -0.2) is 78.2 Å². The van der Waals surface area contributed by atoms with Gasteiger partial charge in [0.05, 0.1) is 18.3 Å². The van der Waals surface area contributed by atoms with E-state index >= 15 is 0 Å². The van der Waals surface area contributed by atoms with E-state index in [1.165, 1.54) is 0 Å². The molecule has 1 saturated heterocycles. The molecule has 7 rings (SSSR count). The molecular weight excluding hydrogens is 707 g/mol. The zero-order valence-corrected chi connectivity index (χ0v) is 33.3. The van der Waals surface area contributed by atoms with Crippen molar-refractivity contribution in [2.45, 2.75) is 109 Å². The van der Waals surface area contributed by atoms with Gasteiger partial charge in [0.25, 0.3) is 0 Å². The number of oxime groups is 1. The van der Waals surface area contributed by atoms with Gasteiger partial charge in [0, 0.05) is 38.7 Å². The molecule has 2 fully saturated rings. The predicted octanol–water partition coefficient (Wildman–Crippen LogP) is 7.86. The van der Waals surface area contributed by atoms with Gasteiger partial charge >= 0.3 is 6.09 Å². The number of likely N-dealkylation sites (tertiary alicyclic amines) is 1. The molecule has 2 aliphatic heterocycles. The number of amides is 2. The second kappa shape index (κ2) is 16.3. The van der Waals surface area contributed by atoms with Crippen LogP contribution in [0.1, 0.15) is 102 Å². The molecule has 2 aliphatic carbocycles. The van der Waals surface area contributed by atoms with Gasteiger partial charge in [0.1, 0.15) is 18.8 Å². The number of ether oxygens (including phenoxy) is 2. The first-order chi connectivity index (χ1) is 26.9. The van der Waals surface area contributed by atoms with Crippen molar-refractivity contribution in [2.75, 3.05) is 20.3 Å². The first kappa shape index (κ1) is 39.4. The van der Waals surface area contributed by atoms with Gasteiger partial charge < -0.3 is 24.5 Å². The number of Topliss-reactive ketones (excluding diaryl/α,β-unsaturated/α-hetero) is 2. The molecule has 10 heteroatoms. The minimum Gasteiger partial charge on any atom is -0.449 e. The molecule has 0 radical (unpaired) electrons. The Bertz CT molecular complexity index is 1920. The normalized spacial score (nSPS) is 21.8. The number of rotatable bonds is 15. The highest BCUT2D eigenvalue weighted by molar-refractivity contribution is 6.02. The number of ketones is 2. The van der Waals surface area contributed by atoms with Gasteiger partial charge in [0.15, 0.2) is 17.2 Å². The summed E-state index contributed by atoms with van der Waals surface area (Å²) in [4.78, 5) is 64.3. The molecule has 0 aromatic heterocycles. The van der Waals surface area contributed by atoms with Crippen molar-refractivity contribution in [3.05, 3.63) is 95.6 Å². The Morgan fingerprint density at radius 1 is 0.946 bits per heavy atom. The minimum absolute atomic E-state index is 0.0391. The lowest BCUT2D eigenvalue weighted by molar-refractivity contribution is -0.143. The van der Waals surface area contributed by atoms with E-state index in [0.717, 1.165) is 52.8 Å². The molecule has 2 amide bonds. The summed E-state index contributed by atoms with van der Waals surface area (Å²) in [5.41, 5.74) is 4.44. The minimum atomic E-state index is -1.02. The maximum Gasteiger partial charge on any atom is 0.407 e. The second-order valence-corrected chi connectivity index (χ2v) is 17.3. The maximum atomic E-state index is 14.9. The van der Waals surface area contributed by atoms with Crippen molar-refractivity contribution >= 4 is 29.3 Å². The van der Waals surface area contributed by atoms with Crippen molar-refractivity contribution in [3.63, 3.8) is 0 Å². The van der Waals surface area contributed by atoms with Gasteiger partial charge in [0.2, 0.25) is 5.91 Å². The molecule has 4 aliphatic rings. The summed E-state index contributed by atoms with van der Waals surface area (Å²) < 4.78 is 11.7. The van der Waals surface area contributed by atoms with Gasteiger partial charge in [-0.25, -0.2) is 4.79 Å². The third kappa shape index (κ3) is 8.31. The van der Waals surface area contributed by atoms with E-state index in [1.54, 1.807) is 12.0 Å². The Kier molecular flexibility index (Phi) is 11.5. The molecule has 296 valence electrons. The van der Waals surface area contributed by atoms with Crippen LogP contribution in [0.5, 0.6) is 0 Å². The van der Waals surface area contributed by atoms with Crippen LogP contribution in [0.3, 0.4) is 0 Å². The van der Waals surface area contributed by atoms with Crippen molar-refractivity contribution in [3.8, 4) is 11.1 Å². The van der Waals surface area contributed by atoms with Crippen LogP contribution in [0.25, 0.3) is 11.1 Å². The number of nitrogens with zero attached hydrogens (tertiary/aromatic N) is 2. The maximum absolute atomic E-state index is 14.9. The monoisotopic (exact) mass is 761 g/mol. The molecule has 0 bridgehead atoms. The zero-order valence-electron chi connectivity index (χ0n) is 33.3. The smallest absolute Gasteiger partial charge is 0.407 e. The van der Waals surface area contributed by atoms with Crippen LogP contribution in [0.15, 0.2) is 84.0 Å². The standard InChI is InChI=1S/C46H55N3O7/c1-6-14-31(41(54-5)40(51)23-29-21-22-29)24-39(50)38-26-46(25-37(48-56-46)30-15-8-7-9-16-30)28-49(38)43(52)42(45(2,3)4)47-44(53)55-27-36-34-19-12-10-17-32(34)33-18-11-13-20-35(33)36/h7-13,15-20,29,31,36,38,41-42H,6,14,21-28H2,1-5H3,(H,47,53)/t31-,38-,41?,42+,46+/m0/s1. The van der Waals surface area contributed by atoms with Gasteiger partial charge in [-0.05, 0) is 64.3 Å². The van der Waals surface area contributed by atoms with Crippen LogP contribution in [-0.2, 0) is 28.7 Å². The Morgan fingerprint density at radius 2 is 1.59 bits per heavy atom. The Morgan fingerprint density at radius 3 is 2.20 bits per heavy atom. The van der Waals surface area contributed by atoms with Gasteiger partial charge in [-0.3, -0.25) is 14.4 Å². The molecule has 5 atom stereocenters. The quantitative estimate of drug-likeness (QED) is 0.167. The zero-order chi connectivity index (χ0) is 39.6. The van der Waals surface area contributed by atoms with Crippen molar-refractivity contribution < 1.29 is 33.5 Å². The predicted molar refractivity (Wildman–Crippen MR) is 214 cm³/mol. The average Bonchev–Trinajstić information content (AvgIpc) is 3.64. The van der Waals surface area contributed by atoms with Gasteiger partial charge in [-0.2, -0.15) is 0 Å². The molecule has 1 unspecified atom stereocenters.